The van der Waals surface area contributed by atoms with Crippen LogP contribution in [0.15, 0.2) is 48.8 Å². The third-order valence-electron chi connectivity index (χ3n) is 4.66. The predicted octanol–water partition coefficient (Wildman–Crippen LogP) is 4.49. The lowest BCUT2D eigenvalue weighted by atomic mass is 10.1. The minimum atomic E-state index is -0.0433. The molecule has 0 spiro atoms. The van der Waals surface area contributed by atoms with Gasteiger partial charge in [-0.2, -0.15) is 0 Å². The van der Waals surface area contributed by atoms with Crippen LogP contribution in [0.4, 0.5) is 11.4 Å². The number of hydrogen-bond acceptors (Lipinski definition) is 3. The van der Waals surface area contributed by atoms with Gasteiger partial charge in [-0.1, -0.05) is 43.9 Å². The van der Waals surface area contributed by atoms with Crippen LogP contribution in [0.2, 0.25) is 0 Å². The molecular weight excluding hydrogens is 298 g/mol. The van der Waals surface area contributed by atoms with Gasteiger partial charge in [0.25, 0.3) is 5.91 Å². The first-order valence-electron chi connectivity index (χ1n) is 8.79. The summed E-state index contributed by atoms with van der Waals surface area (Å²) in [6.45, 7) is 0. The molecule has 1 amide bonds. The zero-order valence-corrected chi connectivity index (χ0v) is 14.2. The fourth-order valence-electron chi connectivity index (χ4n) is 3.26. The number of benzene rings is 1. The lowest BCUT2D eigenvalue weighted by Gasteiger charge is -2.19. The number of anilines is 2. The van der Waals surface area contributed by atoms with Gasteiger partial charge in [0.1, 0.15) is 0 Å². The number of para-hydroxylation sites is 1. The number of hydrogen-bond donors (Lipinski definition) is 1. The molecule has 1 aliphatic carbocycles. The summed E-state index contributed by atoms with van der Waals surface area (Å²) >= 11 is 0. The van der Waals surface area contributed by atoms with Crippen LogP contribution in [-0.4, -0.2) is 24.0 Å². The summed E-state index contributed by atoms with van der Waals surface area (Å²) in [7, 11) is 1.79. The molecule has 1 heterocycles. The van der Waals surface area contributed by atoms with Crippen molar-refractivity contribution in [2.24, 2.45) is 0 Å². The molecule has 1 fully saturated rings. The number of nitrogens with zero attached hydrogens (tertiary/aromatic N) is 2. The Labute approximate surface area is 143 Å². The molecule has 1 aliphatic rings. The van der Waals surface area contributed by atoms with E-state index in [9.17, 15) is 4.79 Å². The summed E-state index contributed by atoms with van der Waals surface area (Å²) in [6, 6.07) is 12.1. The smallest absolute Gasteiger partial charge is 0.259 e. The molecule has 0 bridgehead atoms. The molecule has 4 nitrogen and oxygen atoms in total. The van der Waals surface area contributed by atoms with Crippen molar-refractivity contribution in [1.82, 2.24) is 4.98 Å². The Kier molecular flexibility index (Phi) is 5.47. The van der Waals surface area contributed by atoms with Gasteiger partial charge in [0, 0.05) is 31.2 Å². The molecule has 0 unspecified atom stereocenters. The molecular formula is C20H25N3O. The van der Waals surface area contributed by atoms with Gasteiger partial charge in [-0.05, 0) is 31.0 Å². The number of carbonyl (C=O) groups is 1. The third kappa shape index (κ3) is 4.13. The van der Waals surface area contributed by atoms with E-state index in [1.807, 2.05) is 42.6 Å². The Balaban J connectivity index is 1.71. The monoisotopic (exact) mass is 323 g/mol. The third-order valence-corrected chi connectivity index (χ3v) is 4.66. The molecule has 1 N–H and O–H groups in total. The van der Waals surface area contributed by atoms with Gasteiger partial charge < -0.3 is 10.2 Å². The van der Waals surface area contributed by atoms with Crippen molar-refractivity contribution >= 4 is 17.3 Å². The largest absolute Gasteiger partial charge is 0.381 e. The van der Waals surface area contributed by atoms with Gasteiger partial charge >= 0.3 is 0 Å². The van der Waals surface area contributed by atoms with Gasteiger partial charge in [0.05, 0.1) is 11.3 Å². The Bertz CT molecular complexity index is 664. The Morgan fingerprint density at radius 1 is 1.08 bits per heavy atom. The number of aromatic nitrogens is 1. The summed E-state index contributed by atoms with van der Waals surface area (Å²) < 4.78 is 0. The normalized spacial score (nSPS) is 15.5. The summed E-state index contributed by atoms with van der Waals surface area (Å²) in [5, 5.41) is 3.56. The second-order valence-electron chi connectivity index (χ2n) is 6.49. The van der Waals surface area contributed by atoms with Crippen LogP contribution >= 0.6 is 0 Å². The average molecular weight is 323 g/mol. The van der Waals surface area contributed by atoms with E-state index in [0.29, 0.717) is 11.6 Å². The second-order valence-corrected chi connectivity index (χ2v) is 6.49. The van der Waals surface area contributed by atoms with Crippen LogP contribution in [0, 0.1) is 0 Å². The number of nitrogens with one attached hydrogen (secondary N) is 1. The standard InChI is InChI=1S/C20H25N3O/c1-23(19-11-7-4-8-12-19)20(24)16-13-18(15-21-14-16)22-17-9-5-2-3-6-10-17/h4,7-8,11-15,17,22H,2-3,5-6,9-10H2,1H3. The first-order valence-corrected chi connectivity index (χ1v) is 8.79. The first kappa shape index (κ1) is 16.5. The van der Waals surface area contributed by atoms with Crippen molar-refractivity contribution in [3.8, 4) is 0 Å². The lowest BCUT2D eigenvalue weighted by Crippen LogP contribution is -2.26. The maximum atomic E-state index is 12.7. The number of amides is 1. The van der Waals surface area contributed by atoms with E-state index in [1.54, 1.807) is 18.1 Å². The van der Waals surface area contributed by atoms with Crippen molar-refractivity contribution in [2.75, 3.05) is 17.3 Å². The molecule has 1 aromatic heterocycles. The molecule has 4 heteroatoms. The maximum absolute atomic E-state index is 12.7. The number of carbonyl (C=O) groups excluding carboxylic acids is 1. The average Bonchev–Trinajstić information content (AvgIpc) is 2.90. The maximum Gasteiger partial charge on any atom is 0.259 e. The van der Waals surface area contributed by atoms with Gasteiger partial charge in [-0.15, -0.1) is 0 Å². The minimum Gasteiger partial charge on any atom is -0.381 e. The summed E-state index contributed by atoms with van der Waals surface area (Å²) in [5.41, 5.74) is 2.43. The van der Waals surface area contributed by atoms with E-state index in [1.165, 1.54) is 38.5 Å². The molecule has 0 atom stereocenters. The molecule has 3 rings (SSSR count). The summed E-state index contributed by atoms with van der Waals surface area (Å²) in [6.07, 6.45) is 11.1. The molecule has 2 aromatic rings. The zero-order valence-electron chi connectivity index (χ0n) is 14.2. The molecule has 126 valence electrons. The molecule has 0 radical (unpaired) electrons. The highest BCUT2D eigenvalue weighted by Crippen LogP contribution is 2.22. The molecule has 24 heavy (non-hydrogen) atoms. The number of pyridine rings is 1. The van der Waals surface area contributed by atoms with Gasteiger partial charge in [0.2, 0.25) is 0 Å². The zero-order chi connectivity index (χ0) is 16.8. The first-order chi connectivity index (χ1) is 11.7. The molecule has 0 aliphatic heterocycles. The highest BCUT2D eigenvalue weighted by Gasteiger charge is 2.16. The highest BCUT2D eigenvalue weighted by atomic mass is 16.2. The van der Waals surface area contributed by atoms with Crippen LogP contribution in [0.5, 0.6) is 0 Å². The summed E-state index contributed by atoms with van der Waals surface area (Å²) in [4.78, 5) is 18.6. The van der Waals surface area contributed by atoms with E-state index in [2.05, 4.69) is 10.3 Å². The van der Waals surface area contributed by atoms with E-state index in [-0.39, 0.29) is 5.91 Å². The Morgan fingerprint density at radius 3 is 2.50 bits per heavy atom. The topological polar surface area (TPSA) is 45.2 Å². The number of rotatable bonds is 4. The van der Waals surface area contributed by atoms with Crippen molar-refractivity contribution in [3.63, 3.8) is 0 Å². The van der Waals surface area contributed by atoms with Gasteiger partial charge in [0.15, 0.2) is 0 Å². The fourth-order valence-corrected chi connectivity index (χ4v) is 3.26. The Morgan fingerprint density at radius 2 is 1.79 bits per heavy atom. The highest BCUT2D eigenvalue weighted by molar-refractivity contribution is 6.05. The van der Waals surface area contributed by atoms with E-state index >= 15 is 0 Å². The molecule has 0 saturated heterocycles. The quantitative estimate of drug-likeness (QED) is 0.843. The van der Waals surface area contributed by atoms with Crippen LogP contribution in [0.25, 0.3) is 0 Å². The predicted molar refractivity (Wildman–Crippen MR) is 98.5 cm³/mol. The van der Waals surface area contributed by atoms with Crippen molar-refractivity contribution < 1.29 is 4.79 Å². The van der Waals surface area contributed by atoms with E-state index < -0.39 is 0 Å². The van der Waals surface area contributed by atoms with Crippen LogP contribution in [0.1, 0.15) is 48.9 Å². The fraction of sp³-hybridized carbons (Fsp3) is 0.400. The van der Waals surface area contributed by atoms with Crippen LogP contribution in [0.3, 0.4) is 0 Å². The minimum absolute atomic E-state index is 0.0433. The second kappa shape index (κ2) is 7.95. The summed E-state index contributed by atoms with van der Waals surface area (Å²) in [5.74, 6) is -0.0433. The van der Waals surface area contributed by atoms with Gasteiger partial charge in [-0.25, -0.2) is 0 Å². The van der Waals surface area contributed by atoms with Crippen molar-refractivity contribution in [1.29, 1.82) is 0 Å². The lowest BCUT2D eigenvalue weighted by molar-refractivity contribution is 0.0992. The SMILES string of the molecule is CN(C(=O)c1cncc(NC2CCCCCC2)c1)c1ccccc1. The van der Waals surface area contributed by atoms with Crippen molar-refractivity contribution in [3.05, 3.63) is 54.4 Å². The van der Waals surface area contributed by atoms with E-state index in [4.69, 9.17) is 0 Å². The van der Waals surface area contributed by atoms with Crippen LogP contribution < -0.4 is 10.2 Å². The van der Waals surface area contributed by atoms with Gasteiger partial charge in [-0.3, -0.25) is 9.78 Å². The van der Waals surface area contributed by atoms with Crippen LogP contribution in [-0.2, 0) is 0 Å². The molecule has 1 saturated carbocycles. The van der Waals surface area contributed by atoms with Crippen molar-refractivity contribution in [2.45, 2.75) is 44.6 Å². The van der Waals surface area contributed by atoms with E-state index in [0.717, 1.165) is 11.4 Å². The Hall–Kier alpha value is -2.36. The molecule has 1 aromatic carbocycles.